The number of amides is 2. The van der Waals surface area contributed by atoms with Crippen LogP contribution in [0.25, 0.3) is 0 Å². The third-order valence-electron chi connectivity index (χ3n) is 6.14. The van der Waals surface area contributed by atoms with Crippen molar-refractivity contribution in [2.75, 3.05) is 18.8 Å². The maximum absolute atomic E-state index is 12.4. The second-order valence-electron chi connectivity index (χ2n) is 9.21. The van der Waals surface area contributed by atoms with Crippen LogP contribution >= 0.6 is 0 Å². The number of aliphatic imine (C=N–C) groups is 1. The number of anilines is 1. The number of hydrogen-bond acceptors (Lipinski definition) is 6. The van der Waals surface area contributed by atoms with E-state index in [9.17, 15) is 14.7 Å². The van der Waals surface area contributed by atoms with Crippen LogP contribution in [-0.4, -0.2) is 59.8 Å². The largest absolute Gasteiger partial charge is 0.427 e. The molecule has 0 bridgehead atoms. The molecule has 0 unspecified atom stereocenters. The number of nitrogens with two attached hydrogens (primary N) is 1. The van der Waals surface area contributed by atoms with E-state index in [1.807, 2.05) is 26.0 Å². The first-order valence-electron chi connectivity index (χ1n) is 11.1. The number of rotatable bonds is 10. The molecule has 0 saturated carbocycles. The van der Waals surface area contributed by atoms with Gasteiger partial charge in [-0.05, 0) is 64.2 Å². The first-order valence-corrected chi connectivity index (χ1v) is 11.1. The molecule has 173 valence electrons. The van der Waals surface area contributed by atoms with Crippen molar-refractivity contribution in [2.24, 2.45) is 4.99 Å². The Hall–Kier alpha value is -2.97. The van der Waals surface area contributed by atoms with Gasteiger partial charge in [-0.25, -0.2) is 0 Å². The van der Waals surface area contributed by atoms with Gasteiger partial charge in [0, 0.05) is 30.6 Å². The lowest BCUT2D eigenvalue weighted by Crippen LogP contribution is -2.49. The molecule has 1 aliphatic rings. The van der Waals surface area contributed by atoms with Gasteiger partial charge >= 0.3 is 7.48 Å². The number of hydrogen-bond donors (Lipinski definition) is 2. The number of nitrogen functional groups attached to an aromatic ring is 1. The number of nitrogens with zero attached hydrogens (tertiary/aromatic N) is 2. The Balaban J connectivity index is 1.53. The van der Waals surface area contributed by atoms with Crippen molar-refractivity contribution in [3.63, 3.8) is 0 Å². The molecule has 1 radical (unpaired) electrons. The van der Waals surface area contributed by atoms with E-state index in [-0.39, 0.29) is 11.8 Å². The van der Waals surface area contributed by atoms with E-state index in [0.29, 0.717) is 36.3 Å². The Bertz CT molecular complexity index is 1020. The van der Waals surface area contributed by atoms with Gasteiger partial charge in [0.1, 0.15) is 0 Å². The van der Waals surface area contributed by atoms with Crippen LogP contribution in [0.5, 0.6) is 0 Å². The van der Waals surface area contributed by atoms with Gasteiger partial charge in [-0.3, -0.25) is 19.5 Å². The quantitative estimate of drug-likeness (QED) is 0.191. The minimum absolute atomic E-state index is 0.231. The molecule has 33 heavy (non-hydrogen) atoms. The average Bonchev–Trinajstić information content (AvgIpc) is 3.00. The molecule has 7 nitrogen and oxygen atoms in total. The van der Waals surface area contributed by atoms with Crippen LogP contribution in [0.15, 0.2) is 47.5 Å². The molecule has 3 N–H and O–H groups in total. The van der Waals surface area contributed by atoms with E-state index in [0.717, 1.165) is 17.4 Å². The average molecular weight is 448 g/mol. The molecule has 0 saturated heterocycles. The molecule has 1 aliphatic heterocycles. The van der Waals surface area contributed by atoms with Gasteiger partial charge in [-0.1, -0.05) is 24.3 Å². The lowest BCUT2D eigenvalue weighted by Gasteiger charge is -2.37. The van der Waals surface area contributed by atoms with E-state index in [2.05, 4.69) is 4.99 Å². The maximum Gasteiger partial charge on any atom is 0.331 e. The summed E-state index contributed by atoms with van der Waals surface area (Å²) in [5, 5.41) is 10.3. The van der Waals surface area contributed by atoms with Gasteiger partial charge in [0.05, 0.1) is 22.3 Å². The fourth-order valence-electron chi connectivity index (χ4n) is 3.28. The lowest BCUT2D eigenvalue weighted by atomic mass is 9.80. The van der Waals surface area contributed by atoms with Gasteiger partial charge in [-0.2, -0.15) is 0 Å². The van der Waals surface area contributed by atoms with Crippen LogP contribution < -0.4 is 11.2 Å². The van der Waals surface area contributed by atoms with Crippen LogP contribution in [0, 0.1) is 0 Å². The van der Waals surface area contributed by atoms with E-state index in [4.69, 9.17) is 10.4 Å². The lowest BCUT2D eigenvalue weighted by molar-refractivity contribution is -0.0893. The highest BCUT2D eigenvalue weighted by atomic mass is 16.5. The number of unbranched alkanes of at least 4 members (excludes halogenated alkanes) is 1. The molecule has 0 spiro atoms. The van der Waals surface area contributed by atoms with E-state index in [1.54, 1.807) is 57.9 Å². The summed E-state index contributed by atoms with van der Waals surface area (Å²) in [6.07, 6.45) is 3.09. The zero-order chi connectivity index (χ0) is 24.2. The molecule has 2 amide bonds. The van der Waals surface area contributed by atoms with Crippen molar-refractivity contribution in [2.45, 2.75) is 51.7 Å². The van der Waals surface area contributed by atoms with Crippen LogP contribution in [0.1, 0.15) is 66.8 Å². The van der Waals surface area contributed by atoms with Crippen molar-refractivity contribution in [1.29, 1.82) is 0 Å². The second kappa shape index (κ2) is 9.89. The number of imide groups is 1. The Morgan fingerprint density at radius 3 is 2.27 bits per heavy atom. The highest BCUT2D eigenvalue weighted by Gasteiger charge is 2.36. The summed E-state index contributed by atoms with van der Waals surface area (Å²) in [5.74, 6) is -0.462. The molecule has 2 aromatic rings. The Labute approximate surface area is 195 Å². The fraction of sp³-hybridized carbons (Fsp3) is 0.400. The maximum atomic E-state index is 12.4. The number of carbonyl (C=O) groups is 2. The second-order valence-corrected chi connectivity index (χ2v) is 9.21. The molecule has 0 fully saturated rings. The van der Waals surface area contributed by atoms with Crippen LogP contribution in [0.4, 0.5) is 5.69 Å². The normalized spacial score (nSPS) is 14.3. The third-order valence-corrected chi connectivity index (χ3v) is 6.14. The molecule has 2 aromatic carbocycles. The van der Waals surface area contributed by atoms with Gasteiger partial charge in [0.25, 0.3) is 11.8 Å². The smallest absolute Gasteiger partial charge is 0.331 e. The van der Waals surface area contributed by atoms with Gasteiger partial charge in [0.2, 0.25) is 0 Å². The molecule has 1 heterocycles. The number of aliphatic hydroxyl groups is 1. The molecule has 8 heteroatoms. The molecule has 0 atom stereocenters. The van der Waals surface area contributed by atoms with Crippen molar-refractivity contribution >= 4 is 36.7 Å². The number of benzene rings is 2. The van der Waals surface area contributed by atoms with Gasteiger partial charge in [0.15, 0.2) is 0 Å². The monoisotopic (exact) mass is 448 g/mol. The first-order chi connectivity index (χ1) is 15.5. The van der Waals surface area contributed by atoms with Crippen molar-refractivity contribution in [3.8, 4) is 0 Å². The minimum atomic E-state index is -1.03. The summed E-state index contributed by atoms with van der Waals surface area (Å²) < 4.78 is 5.86. The van der Waals surface area contributed by atoms with Crippen LogP contribution in [-0.2, 0) is 4.65 Å². The van der Waals surface area contributed by atoms with Crippen molar-refractivity contribution < 1.29 is 19.3 Å². The SMILES string of the molecule is CC(C)(O)C(C)(C)O[B]c1cccc(N)c1C=NCCCCN1C(=O)c2ccccc2C1=O. The fourth-order valence-corrected chi connectivity index (χ4v) is 3.28. The van der Waals surface area contributed by atoms with E-state index < -0.39 is 11.2 Å². The predicted molar refractivity (Wildman–Crippen MR) is 131 cm³/mol. The Kier molecular flexibility index (Phi) is 7.39. The van der Waals surface area contributed by atoms with Crippen molar-refractivity contribution in [3.05, 3.63) is 59.2 Å². The number of carbonyl (C=O) groups excluding carboxylic acids is 2. The van der Waals surface area contributed by atoms with Crippen LogP contribution in [0.2, 0.25) is 0 Å². The van der Waals surface area contributed by atoms with Crippen LogP contribution in [0.3, 0.4) is 0 Å². The first kappa shape index (κ1) is 24.7. The minimum Gasteiger partial charge on any atom is -0.427 e. The molecule has 0 aromatic heterocycles. The zero-order valence-corrected chi connectivity index (χ0v) is 19.7. The summed E-state index contributed by atoms with van der Waals surface area (Å²) in [5.41, 5.74) is 7.34. The molecular formula is C25H31BN3O4. The number of fused-ring (bicyclic) bond motifs is 1. The summed E-state index contributed by atoms with van der Waals surface area (Å²) >= 11 is 0. The highest BCUT2D eigenvalue weighted by molar-refractivity contribution is 6.49. The predicted octanol–water partition coefficient (Wildman–Crippen LogP) is 2.57. The zero-order valence-electron chi connectivity index (χ0n) is 19.7. The van der Waals surface area contributed by atoms with Crippen molar-refractivity contribution in [1.82, 2.24) is 4.90 Å². The van der Waals surface area contributed by atoms with E-state index in [1.165, 1.54) is 4.90 Å². The summed E-state index contributed by atoms with van der Waals surface area (Å²) in [6.45, 7) is 7.94. The summed E-state index contributed by atoms with van der Waals surface area (Å²) in [7, 11) is 1.60. The standard InChI is InChI=1S/C25H31BN3O4/c1-24(2,32)25(3,4)33-26-20-12-9-13-21(27)19(20)16-28-14-7-8-15-29-22(30)17-10-5-6-11-18(17)23(29)31/h5-6,9-13,16,32H,7-8,14-15,27H2,1-4H3. The summed E-state index contributed by atoms with van der Waals surface area (Å²) in [6, 6.07) is 12.4. The molecule has 3 rings (SSSR count). The van der Waals surface area contributed by atoms with Gasteiger partial charge in [-0.15, -0.1) is 0 Å². The Morgan fingerprint density at radius 1 is 1.03 bits per heavy atom. The summed E-state index contributed by atoms with van der Waals surface area (Å²) in [4.78, 5) is 30.6. The van der Waals surface area contributed by atoms with E-state index >= 15 is 0 Å². The molecule has 0 aliphatic carbocycles. The third kappa shape index (κ3) is 5.51. The molecular weight excluding hydrogens is 417 g/mol. The topological polar surface area (TPSA) is 105 Å². The Morgan fingerprint density at radius 2 is 1.67 bits per heavy atom. The highest BCUT2D eigenvalue weighted by Crippen LogP contribution is 2.25. The van der Waals surface area contributed by atoms with Gasteiger partial charge < -0.3 is 15.5 Å².